The maximum absolute atomic E-state index is 12.5. The Balaban J connectivity index is 1.95. The van der Waals surface area contributed by atoms with E-state index in [4.69, 9.17) is 0 Å². The van der Waals surface area contributed by atoms with Crippen LogP contribution in [-0.2, 0) is 12.8 Å². The zero-order valence-corrected chi connectivity index (χ0v) is 14.9. The molecular weight excluding hydrogens is 390 g/mol. The molecule has 4 nitrogen and oxygen atoms in total. The second-order valence-corrected chi connectivity index (χ2v) is 6.22. The second-order valence-electron chi connectivity index (χ2n) is 6.22. The summed E-state index contributed by atoms with van der Waals surface area (Å²) in [4.78, 5) is 0. The highest BCUT2D eigenvalue weighted by Gasteiger charge is 2.33. The Morgan fingerprint density at radius 3 is 1.36 bits per heavy atom. The number of hydrogen-bond donors (Lipinski definition) is 0. The molecule has 3 rings (SSSR count). The second kappa shape index (κ2) is 6.99. The van der Waals surface area contributed by atoms with Crippen molar-refractivity contribution in [1.82, 2.24) is 0 Å². The molecule has 1 aliphatic rings. The van der Waals surface area contributed by atoms with Crippen molar-refractivity contribution in [3.8, 4) is 11.5 Å². The Morgan fingerprint density at radius 2 is 1.04 bits per heavy atom. The van der Waals surface area contributed by atoms with Crippen molar-refractivity contribution < 1.29 is 35.8 Å². The molecule has 28 heavy (non-hydrogen) atoms. The monoisotopic (exact) mass is 406 g/mol. The molecule has 0 spiro atoms. The molecule has 0 unspecified atom stereocenters. The number of fused-ring (bicyclic) bond motifs is 2. The van der Waals surface area contributed by atoms with Crippen LogP contribution in [0.3, 0.4) is 0 Å². The van der Waals surface area contributed by atoms with Crippen molar-refractivity contribution in [1.29, 1.82) is 0 Å². The Hall–Kier alpha value is -2.78. The zero-order valence-electron chi connectivity index (χ0n) is 14.9. The summed E-state index contributed by atoms with van der Waals surface area (Å²) in [5, 5.41) is 3.41. The van der Waals surface area contributed by atoms with Crippen molar-refractivity contribution in [2.45, 2.75) is 25.6 Å². The van der Waals surface area contributed by atoms with Gasteiger partial charge in [-0.15, -0.1) is 26.3 Å². The van der Waals surface area contributed by atoms with Gasteiger partial charge in [-0.1, -0.05) is 0 Å². The van der Waals surface area contributed by atoms with Gasteiger partial charge in [0.15, 0.2) is 0 Å². The fourth-order valence-corrected chi connectivity index (χ4v) is 3.14. The van der Waals surface area contributed by atoms with Gasteiger partial charge in [0.05, 0.1) is 11.4 Å². The molecule has 0 aromatic heterocycles. The number of hydrogen-bond acceptors (Lipinski definition) is 4. The number of hydrazine groups is 1. The highest BCUT2D eigenvalue weighted by atomic mass is 19.4. The van der Waals surface area contributed by atoms with E-state index in [0.29, 0.717) is 35.3 Å². The highest BCUT2D eigenvalue weighted by molar-refractivity contribution is 5.66. The molecule has 0 bridgehead atoms. The third-order valence-electron chi connectivity index (χ3n) is 4.38. The molecule has 152 valence electrons. The van der Waals surface area contributed by atoms with Crippen LogP contribution in [0.1, 0.15) is 11.1 Å². The molecule has 0 amide bonds. The molecule has 0 fully saturated rings. The largest absolute Gasteiger partial charge is 0.573 e. The predicted octanol–water partition coefficient (Wildman–Crippen LogP) is 5.07. The molecule has 2 aromatic carbocycles. The first-order chi connectivity index (χ1) is 12.9. The first-order valence-electron chi connectivity index (χ1n) is 8.18. The highest BCUT2D eigenvalue weighted by Crippen LogP contribution is 2.36. The van der Waals surface area contributed by atoms with Crippen molar-refractivity contribution >= 4 is 11.4 Å². The fraction of sp³-hybridized carbons (Fsp3) is 0.333. The van der Waals surface area contributed by atoms with Gasteiger partial charge in [-0.2, -0.15) is 0 Å². The number of anilines is 2. The molecule has 10 heteroatoms. The van der Waals surface area contributed by atoms with Crippen molar-refractivity contribution in [2.75, 3.05) is 24.1 Å². The van der Waals surface area contributed by atoms with E-state index >= 15 is 0 Å². The summed E-state index contributed by atoms with van der Waals surface area (Å²) in [5.74, 6) is -0.700. The Morgan fingerprint density at radius 1 is 0.679 bits per heavy atom. The quantitative estimate of drug-likeness (QED) is 0.651. The van der Waals surface area contributed by atoms with E-state index in [1.165, 1.54) is 36.4 Å². The van der Waals surface area contributed by atoms with Crippen molar-refractivity contribution in [3.05, 3.63) is 47.5 Å². The molecule has 1 aliphatic heterocycles. The average molecular weight is 406 g/mol. The lowest BCUT2D eigenvalue weighted by molar-refractivity contribution is -0.275. The van der Waals surface area contributed by atoms with E-state index < -0.39 is 12.7 Å². The Bertz CT molecular complexity index is 795. The summed E-state index contributed by atoms with van der Waals surface area (Å²) in [6.45, 7) is 0. The minimum atomic E-state index is -4.81. The number of ether oxygens (including phenoxy) is 2. The van der Waals surface area contributed by atoms with E-state index in [-0.39, 0.29) is 11.5 Å². The van der Waals surface area contributed by atoms with E-state index in [9.17, 15) is 26.3 Å². The minimum absolute atomic E-state index is 0.311. The van der Waals surface area contributed by atoms with Crippen LogP contribution >= 0.6 is 0 Å². The molecule has 0 atom stereocenters. The van der Waals surface area contributed by atoms with Gasteiger partial charge in [0.2, 0.25) is 0 Å². The lowest BCUT2D eigenvalue weighted by atomic mass is 9.99. The average Bonchev–Trinajstić information content (AvgIpc) is 2.55. The molecule has 1 heterocycles. The maximum Gasteiger partial charge on any atom is 0.573 e. The molecule has 0 saturated carbocycles. The number of benzene rings is 2. The van der Waals surface area contributed by atoms with Gasteiger partial charge in [0.1, 0.15) is 11.5 Å². The molecule has 0 aliphatic carbocycles. The van der Waals surface area contributed by atoms with Gasteiger partial charge >= 0.3 is 12.7 Å². The smallest absolute Gasteiger partial charge is 0.406 e. The van der Waals surface area contributed by atoms with Gasteiger partial charge < -0.3 is 9.47 Å². The molecule has 2 aromatic rings. The Labute approximate surface area is 156 Å². The topological polar surface area (TPSA) is 24.9 Å². The van der Waals surface area contributed by atoms with E-state index in [0.717, 1.165) is 0 Å². The summed E-state index contributed by atoms with van der Waals surface area (Å²) in [6.07, 6.45) is -9.00. The van der Waals surface area contributed by atoms with Gasteiger partial charge in [0, 0.05) is 14.1 Å². The maximum atomic E-state index is 12.5. The first kappa shape index (κ1) is 20.0. The van der Waals surface area contributed by atoms with Crippen LogP contribution in [0, 0.1) is 0 Å². The zero-order chi connectivity index (χ0) is 20.7. The number of nitrogens with zero attached hydrogens (tertiary/aromatic N) is 2. The van der Waals surface area contributed by atoms with Crippen LogP contribution < -0.4 is 19.5 Å². The van der Waals surface area contributed by atoms with Gasteiger partial charge in [-0.3, -0.25) is 10.0 Å². The lowest BCUT2D eigenvalue weighted by Gasteiger charge is -2.36. The van der Waals surface area contributed by atoms with Crippen LogP contribution in [-0.4, -0.2) is 26.8 Å². The van der Waals surface area contributed by atoms with Gasteiger partial charge in [0.25, 0.3) is 0 Å². The normalized spacial score (nSPS) is 14.7. The number of alkyl halides is 6. The standard InChI is InChI=1S/C18H16F6N2O2/c1-25-15-7-5-13(27-17(19,20)21)9-11(15)3-4-12-10-14(28-18(22,23)24)6-8-16(12)26(25)2/h5-10H,3-4H2,1-2H3. The third kappa shape index (κ3) is 4.55. The molecule has 0 radical (unpaired) electrons. The third-order valence-corrected chi connectivity index (χ3v) is 4.38. The molecule has 0 saturated heterocycles. The van der Waals surface area contributed by atoms with Crippen LogP contribution in [0.25, 0.3) is 0 Å². The van der Waals surface area contributed by atoms with Crippen LogP contribution in [0.2, 0.25) is 0 Å². The number of halogens is 6. The van der Waals surface area contributed by atoms with Crippen molar-refractivity contribution in [2.24, 2.45) is 0 Å². The summed E-state index contributed by atoms with van der Waals surface area (Å²) >= 11 is 0. The van der Waals surface area contributed by atoms with Crippen LogP contribution in [0.5, 0.6) is 11.5 Å². The summed E-state index contributed by atoms with van der Waals surface area (Å²) < 4.78 is 82.9. The fourth-order valence-electron chi connectivity index (χ4n) is 3.14. The van der Waals surface area contributed by atoms with Crippen molar-refractivity contribution in [3.63, 3.8) is 0 Å². The number of rotatable bonds is 2. The van der Waals surface area contributed by atoms with Gasteiger partial charge in [-0.25, -0.2) is 0 Å². The predicted molar refractivity (Wildman–Crippen MR) is 90.5 cm³/mol. The molecular formula is C18H16F6N2O2. The van der Waals surface area contributed by atoms with E-state index in [2.05, 4.69) is 9.47 Å². The number of aryl methyl sites for hydroxylation is 2. The van der Waals surface area contributed by atoms with Crippen LogP contribution in [0.15, 0.2) is 36.4 Å². The first-order valence-corrected chi connectivity index (χ1v) is 8.18. The minimum Gasteiger partial charge on any atom is -0.406 e. The van der Waals surface area contributed by atoms with E-state index in [1.54, 1.807) is 24.1 Å². The molecule has 0 N–H and O–H groups in total. The SMILES string of the molecule is CN1c2ccc(OC(F)(F)F)cc2CCc2cc(OC(F)(F)F)ccc2N1C. The van der Waals surface area contributed by atoms with Gasteiger partial charge in [-0.05, 0) is 60.4 Å². The summed E-state index contributed by atoms with van der Waals surface area (Å²) in [6, 6.07) is 8.04. The summed E-state index contributed by atoms with van der Waals surface area (Å²) in [7, 11) is 3.41. The van der Waals surface area contributed by atoms with E-state index in [1.807, 2.05) is 0 Å². The lowest BCUT2D eigenvalue weighted by Crippen LogP contribution is -2.38. The van der Waals surface area contributed by atoms with Crippen LogP contribution in [0.4, 0.5) is 37.7 Å². The summed E-state index contributed by atoms with van der Waals surface area (Å²) in [5.41, 5.74) is 2.48. The Kier molecular flexibility index (Phi) is 4.99.